The topological polar surface area (TPSA) is 53.2 Å². The minimum Gasteiger partial charge on any atom is -0.375 e. The molecule has 0 aromatic carbocycles. The van der Waals surface area contributed by atoms with Crippen LogP contribution in [0.3, 0.4) is 0 Å². The van der Waals surface area contributed by atoms with Crippen LogP contribution in [0.1, 0.15) is 18.2 Å². The van der Waals surface area contributed by atoms with Gasteiger partial charge in [-0.2, -0.15) is 0 Å². The van der Waals surface area contributed by atoms with E-state index >= 15 is 0 Å². The van der Waals surface area contributed by atoms with Gasteiger partial charge in [-0.05, 0) is 6.42 Å². The highest BCUT2D eigenvalue weighted by atomic mass is 16.5. The quantitative estimate of drug-likeness (QED) is 0.616. The van der Waals surface area contributed by atoms with Crippen molar-refractivity contribution in [3.8, 4) is 0 Å². The van der Waals surface area contributed by atoms with Gasteiger partial charge in [0.2, 0.25) is 0 Å². The Labute approximate surface area is 80.5 Å². The van der Waals surface area contributed by atoms with Gasteiger partial charge in [-0.15, -0.1) is 0 Å². The van der Waals surface area contributed by atoms with Crippen LogP contribution in [0.25, 0.3) is 0 Å². The molecule has 1 aromatic heterocycles. The Morgan fingerprint density at radius 1 is 1.50 bits per heavy atom. The Bertz CT molecular complexity index is 472. The second-order valence-electron chi connectivity index (χ2n) is 3.41. The smallest absolute Gasteiger partial charge is 0.330 e. The van der Waals surface area contributed by atoms with Crippen molar-refractivity contribution in [2.45, 2.75) is 19.1 Å². The summed E-state index contributed by atoms with van der Waals surface area (Å²) in [4.78, 5) is 23.0. The van der Waals surface area contributed by atoms with Crippen LogP contribution in [0.15, 0.2) is 15.7 Å². The van der Waals surface area contributed by atoms with Gasteiger partial charge in [0.1, 0.15) is 0 Å². The lowest BCUT2D eigenvalue weighted by atomic mass is 10.2. The predicted molar refractivity (Wildman–Crippen MR) is 50.3 cm³/mol. The van der Waals surface area contributed by atoms with Crippen LogP contribution in [0.2, 0.25) is 0 Å². The summed E-state index contributed by atoms with van der Waals surface area (Å²) in [6, 6.07) is 1.47. The molecule has 2 heterocycles. The summed E-state index contributed by atoms with van der Waals surface area (Å²) in [7, 11) is 3.07. The molecule has 5 nitrogen and oxygen atoms in total. The Morgan fingerprint density at radius 3 is 2.86 bits per heavy atom. The normalized spacial score (nSPS) is 19.7. The number of fused-ring (bicyclic) bond motifs is 1. The van der Waals surface area contributed by atoms with E-state index < -0.39 is 0 Å². The summed E-state index contributed by atoms with van der Waals surface area (Å²) in [6.07, 6.45) is 0.645. The van der Waals surface area contributed by atoms with Crippen LogP contribution in [0.4, 0.5) is 0 Å². The van der Waals surface area contributed by atoms with Gasteiger partial charge in [-0.25, -0.2) is 4.79 Å². The number of hydrogen-bond donors (Lipinski definition) is 0. The van der Waals surface area contributed by atoms with Gasteiger partial charge in [0.15, 0.2) is 0 Å². The molecule has 5 heteroatoms. The molecule has 0 amide bonds. The maximum Gasteiger partial charge on any atom is 0.330 e. The van der Waals surface area contributed by atoms with Gasteiger partial charge in [0.05, 0.1) is 11.8 Å². The molecular weight excluding hydrogens is 184 g/mol. The molecule has 1 aliphatic rings. The zero-order chi connectivity index (χ0) is 10.3. The van der Waals surface area contributed by atoms with Crippen molar-refractivity contribution in [1.29, 1.82) is 0 Å². The van der Waals surface area contributed by atoms with Crippen molar-refractivity contribution in [3.05, 3.63) is 32.6 Å². The predicted octanol–water partition coefficient (Wildman–Crippen LogP) is -0.362. The highest BCUT2D eigenvalue weighted by Gasteiger charge is 2.24. The SMILES string of the molecule is CO[C@@H]1CCn2c1cc(=O)n(C)c2=O. The lowest BCUT2D eigenvalue weighted by molar-refractivity contribution is 0.105. The van der Waals surface area contributed by atoms with E-state index in [-0.39, 0.29) is 17.4 Å². The van der Waals surface area contributed by atoms with Crippen molar-refractivity contribution in [3.63, 3.8) is 0 Å². The molecule has 0 N–H and O–H groups in total. The largest absolute Gasteiger partial charge is 0.375 e. The minimum atomic E-state index is -0.273. The van der Waals surface area contributed by atoms with Crippen molar-refractivity contribution in [1.82, 2.24) is 9.13 Å². The lowest BCUT2D eigenvalue weighted by Crippen LogP contribution is -2.37. The molecule has 2 rings (SSSR count). The zero-order valence-electron chi connectivity index (χ0n) is 8.19. The fourth-order valence-corrected chi connectivity index (χ4v) is 1.81. The second kappa shape index (κ2) is 3.09. The fourth-order valence-electron chi connectivity index (χ4n) is 1.81. The second-order valence-corrected chi connectivity index (χ2v) is 3.41. The van der Waals surface area contributed by atoms with Crippen LogP contribution in [-0.2, 0) is 18.3 Å². The Balaban J connectivity index is 2.70. The minimum absolute atomic E-state index is 0.114. The zero-order valence-corrected chi connectivity index (χ0v) is 8.19. The number of nitrogens with zero attached hydrogens (tertiary/aromatic N) is 2. The Morgan fingerprint density at radius 2 is 2.21 bits per heavy atom. The van der Waals surface area contributed by atoms with Gasteiger partial charge >= 0.3 is 5.69 Å². The third kappa shape index (κ3) is 1.13. The Kier molecular flexibility index (Phi) is 2.03. The molecular formula is C9H12N2O3. The number of aromatic nitrogens is 2. The number of methoxy groups -OCH3 is 1. The molecule has 0 spiro atoms. The number of hydrogen-bond acceptors (Lipinski definition) is 3. The molecule has 14 heavy (non-hydrogen) atoms. The molecule has 0 saturated carbocycles. The van der Waals surface area contributed by atoms with Crippen molar-refractivity contribution in [2.24, 2.45) is 7.05 Å². The molecule has 0 fully saturated rings. The Hall–Kier alpha value is -1.36. The third-order valence-corrected chi connectivity index (χ3v) is 2.66. The standard InChI is InChI=1S/C9H12N2O3/c1-10-8(12)5-6-7(14-2)3-4-11(6)9(10)13/h5,7H,3-4H2,1-2H3/t7-/m1/s1. The molecule has 76 valence electrons. The summed E-state index contributed by atoms with van der Waals surface area (Å²) < 4.78 is 7.89. The van der Waals surface area contributed by atoms with Gasteiger partial charge < -0.3 is 4.74 Å². The monoisotopic (exact) mass is 196 g/mol. The van der Waals surface area contributed by atoms with E-state index in [9.17, 15) is 9.59 Å². The summed E-state index contributed by atoms with van der Waals surface area (Å²) in [6.45, 7) is 0.626. The number of ether oxygens (including phenoxy) is 1. The van der Waals surface area contributed by atoms with E-state index in [0.717, 1.165) is 11.0 Å². The first-order valence-corrected chi connectivity index (χ1v) is 4.48. The summed E-state index contributed by atoms with van der Waals surface area (Å²) in [5.41, 5.74) is 0.165. The number of rotatable bonds is 1. The van der Waals surface area contributed by atoms with Crippen LogP contribution in [0, 0.1) is 0 Å². The van der Waals surface area contributed by atoms with E-state index in [2.05, 4.69) is 0 Å². The van der Waals surface area contributed by atoms with E-state index in [4.69, 9.17) is 4.74 Å². The molecule has 0 radical (unpaired) electrons. The average Bonchev–Trinajstić information content (AvgIpc) is 2.57. The van der Waals surface area contributed by atoms with Crippen LogP contribution in [0.5, 0.6) is 0 Å². The molecule has 0 bridgehead atoms. The van der Waals surface area contributed by atoms with E-state index in [1.807, 2.05) is 0 Å². The van der Waals surface area contributed by atoms with Crippen LogP contribution in [-0.4, -0.2) is 16.2 Å². The average molecular weight is 196 g/mol. The maximum absolute atomic E-state index is 11.6. The lowest BCUT2D eigenvalue weighted by Gasteiger charge is -2.08. The van der Waals surface area contributed by atoms with Gasteiger partial charge in [-0.1, -0.05) is 0 Å². The molecule has 0 saturated heterocycles. The molecule has 1 aromatic rings. The summed E-state index contributed by atoms with van der Waals surface area (Å²) in [5, 5.41) is 0. The first-order valence-electron chi connectivity index (χ1n) is 4.48. The van der Waals surface area contributed by atoms with Crippen molar-refractivity contribution in [2.75, 3.05) is 7.11 Å². The van der Waals surface area contributed by atoms with E-state index in [1.165, 1.54) is 13.1 Å². The van der Waals surface area contributed by atoms with Crippen LogP contribution >= 0.6 is 0 Å². The highest BCUT2D eigenvalue weighted by molar-refractivity contribution is 5.10. The van der Waals surface area contributed by atoms with Crippen molar-refractivity contribution < 1.29 is 4.74 Å². The molecule has 1 aliphatic heterocycles. The van der Waals surface area contributed by atoms with Crippen molar-refractivity contribution >= 4 is 0 Å². The van der Waals surface area contributed by atoms with Gasteiger partial charge in [0, 0.05) is 26.8 Å². The summed E-state index contributed by atoms with van der Waals surface area (Å²) >= 11 is 0. The first-order chi connectivity index (χ1) is 6.65. The molecule has 0 aliphatic carbocycles. The summed E-state index contributed by atoms with van der Waals surface area (Å²) in [5.74, 6) is 0. The van der Waals surface area contributed by atoms with Gasteiger partial charge in [-0.3, -0.25) is 13.9 Å². The maximum atomic E-state index is 11.6. The van der Waals surface area contributed by atoms with Crippen LogP contribution < -0.4 is 11.2 Å². The van der Waals surface area contributed by atoms with E-state index in [1.54, 1.807) is 11.7 Å². The third-order valence-electron chi connectivity index (χ3n) is 2.66. The fraction of sp³-hybridized carbons (Fsp3) is 0.556. The van der Waals surface area contributed by atoms with E-state index in [0.29, 0.717) is 12.2 Å². The highest BCUT2D eigenvalue weighted by Crippen LogP contribution is 2.24. The first kappa shape index (κ1) is 9.21. The molecule has 0 unspecified atom stereocenters. The molecule has 1 atom stereocenters. The van der Waals surface area contributed by atoms with Gasteiger partial charge in [0.25, 0.3) is 5.56 Å².